The standard InChI is InChI=1S/C19H19N3O3/c1-13-7-9-14(10-8-13)19-21-18(25-22-19)12-20-17(23)11-15-5-3-4-6-16(15)24-2/h3-10H,11-12H2,1-2H3,(H,20,23). The first-order valence-electron chi connectivity index (χ1n) is 7.94. The maximum Gasteiger partial charge on any atom is 0.246 e. The van der Waals surface area contributed by atoms with E-state index >= 15 is 0 Å². The Morgan fingerprint density at radius 3 is 2.68 bits per heavy atom. The molecule has 0 fully saturated rings. The van der Waals surface area contributed by atoms with E-state index in [1.165, 1.54) is 0 Å². The molecule has 0 atom stereocenters. The number of aromatic nitrogens is 2. The summed E-state index contributed by atoms with van der Waals surface area (Å²) in [6.45, 7) is 2.20. The van der Waals surface area contributed by atoms with Gasteiger partial charge in [-0.15, -0.1) is 0 Å². The van der Waals surface area contributed by atoms with Crippen molar-refractivity contribution in [3.05, 3.63) is 65.5 Å². The molecular weight excluding hydrogens is 318 g/mol. The molecule has 1 amide bonds. The fraction of sp³-hybridized carbons (Fsp3) is 0.211. The number of aryl methyl sites for hydroxylation is 1. The number of benzene rings is 2. The number of carbonyl (C=O) groups excluding carboxylic acids is 1. The van der Waals surface area contributed by atoms with Gasteiger partial charge in [-0.2, -0.15) is 4.98 Å². The van der Waals surface area contributed by atoms with Crippen LogP contribution in [-0.2, 0) is 17.8 Å². The Bertz CT molecular complexity index is 856. The van der Waals surface area contributed by atoms with Crippen molar-refractivity contribution in [2.75, 3.05) is 7.11 Å². The molecule has 0 bridgehead atoms. The molecule has 0 saturated carbocycles. The number of hydrogen-bond donors (Lipinski definition) is 1. The molecule has 3 rings (SSSR count). The van der Waals surface area contributed by atoms with Gasteiger partial charge in [-0.1, -0.05) is 53.2 Å². The maximum atomic E-state index is 12.1. The fourth-order valence-electron chi connectivity index (χ4n) is 2.41. The molecule has 0 unspecified atom stereocenters. The van der Waals surface area contributed by atoms with E-state index in [4.69, 9.17) is 9.26 Å². The molecule has 0 aliphatic rings. The fourth-order valence-corrected chi connectivity index (χ4v) is 2.41. The summed E-state index contributed by atoms with van der Waals surface area (Å²) in [6, 6.07) is 15.3. The van der Waals surface area contributed by atoms with Crippen molar-refractivity contribution >= 4 is 5.91 Å². The highest BCUT2D eigenvalue weighted by atomic mass is 16.5. The molecule has 3 aromatic rings. The lowest BCUT2D eigenvalue weighted by molar-refractivity contribution is -0.120. The van der Waals surface area contributed by atoms with Crippen LogP contribution in [-0.4, -0.2) is 23.2 Å². The first kappa shape index (κ1) is 16.7. The summed E-state index contributed by atoms with van der Waals surface area (Å²) < 4.78 is 10.4. The molecule has 6 heteroatoms. The Morgan fingerprint density at radius 1 is 1.16 bits per heavy atom. The summed E-state index contributed by atoms with van der Waals surface area (Å²) in [5.41, 5.74) is 2.87. The Balaban J connectivity index is 1.58. The second kappa shape index (κ2) is 7.61. The van der Waals surface area contributed by atoms with Crippen LogP contribution in [0.1, 0.15) is 17.0 Å². The van der Waals surface area contributed by atoms with Crippen LogP contribution in [0.2, 0.25) is 0 Å². The molecule has 1 heterocycles. The van der Waals surface area contributed by atoms with Gasteiger partial charge in [0.2, 0.25) is 17.6 Å². The van der Waals surface area contributed by atoms with Crippen molar-refractivity contribution < 1.29 is 14.1 Å². The van der Waals surface area contributed by atoms with Crippen LogP contribution >= 0.6 is 0 Å². The Labute approximate surface area is 145 Å². The molecule has 0 aliphatic heterocycles. The maximum absolute atomic E-state index is 12.1. The van der Waals surface area contributed by atoms with E-state index in [0.717, 1.165) is 16.7 Å². The van der Waals surface area contributed by atoms with Crippen molar-refractivity contribution in [3.63, 3.8) is 0 Å². The van der Waals surface area contributed by atoms with Gasteiger partial charge in [-0.3, -0.25) is 4.79 Å². The van der Waals surface area contributed by atoms with Crippen molar-refractivity contribution in [2.45, 2.75) is 19.9 Å². The van der Waals surface area contributed by atoms with E-state index < -0.39 is 0 Å². The van der Waals surface area contributed by atoms with Gasteiger partial charge in [0.05, 0.1) is 20.1 Å². The van der Waals surface area contributed by atoms with Gasteiger partial charge < -0.3 is 14.6 Å². The van der Waals surface area contributed by atoms with Gasteiger partial charge in [0.1, 0.15) is 5.75 Å². The molecular formula is C19H19N3O3. The van der Waals surface area contributed by atoms with Crippen LogP contribution in [0, 0.1) is 6.92 Å². The van der Waals surface area contributed by atoms with Gasteiger partial charge in [-0.25, -0.2) is 0 Å². The molecule has 2 aromatic carbocycles. The van der Waals surface area contributed by atoms with Gasteiger partial charge in [0.15, 0.2) is 0 Å². The smallest absolute Gasteiger partial charge is 0.246 e. The highest BCUT2D eigenvalue weighted by Crippen LogP contribution is 2.18. The minimum absolute atomic E-state index is 0.139. The predicted octanol–water partition coefficient (Wildman–Crippen LogP) is 2.91. The quantitative estimate of drug-likeness (QED) is 0.748. The normalized spacial score (nSPS) is 10.5. The van der Waals surface area contributed by atoms with Crippen LogP contribution in [0.15, 0.2) is 53.1 Å². The highest BCUT2D eigenvalue weighted by Gasteiger charge is 2.11. The van der Waals surface area contributed by atoms with Crippen LogP contribution in [0.3, 0.4) is 0 Å². The molecule has 0 spiro atoms. The third kappa shape index (κ3) is 4.23. The number of ether oxygens (including phenoxy) is 1. The van der Waals surface area contributed by atoms with E-state index in [1.807, 2.05) is 55.5 Å². The number of nitrogens with one attached hydrogen (secondary N) is 1. The Morgan fingerprint density at radius 2 is 1.92 bits per heavy atom. The van der Waals surface area contributed by atoms with Gasteiger partial charge >= 0.3 is 0 Å². The average Bonchev–Trinajstić information content (AvgIpc) is 3.10. The predicted molar refractivity (Wildman–Crippen MR) is 93.0 cm³/mol. The zero-order valence-electron chi connectivity index (χ0n) is 14.2. The number of carbonyl (C=O) groups is 1. The minimum Gasteiger partial charge on any atom is -0.496 e. The summed E-state index contributed by atoms with van der Waals surface area (Å²) in [7, 11) is 1.59. The monoisotopic (exact) mass is 337 g/mol. The molecule has 1 N–H and O–H groups in total. The average molecular weight is 337 g/mol. The first-order valence-corrected chi connectivity index (χ1v) is 7.94. The molecule has 0 aliphatic carbocycles. The summed E-state index contributed by atoms with van der Waals surface area (Å²) in [5.74, 6) is 1.43. The topological polar surface area (TPSA) is 77.2 Å². The van der Waals surface area contributed by atoms with E-state index in [9.17, 15) is 4.79 Å². The number of nitrogens with zero attached hydrogens (tertiary/aromatic N) is 2. The molecule has 25 heavy (non-hydrogen) atoms. The SMILES string of the molecule is COc1ccccc1CC(=O)NCc1nc(-c2ccc(C)cc2)no1. The summed E-state index contributed by atoms with van der Waals surface area (Å²) in [6.07, 6.45) is 0.225. The lowest BCUT2D eigenvalue weighted by atomic mass is 10.1. The number of methoxy groups -OCH3 is 1. The molecule has 6 nitrogen and oxygen atoms in total. The summed E-state index contributed by atoms with van der Waals surface area (Å²) in [5, 5.41) is 6.73. The van der Waals surface area contributed by atoms with Gasteiger partial charge in [-0.05, 0) is 13.0 Å². The first-order chi connectivity index (χ1) is 12.2. The lowest BCUT2D eigenvalue weighted by Crippen LogP contribution is -2.24. The van der Waals surface area contributed by atoms with Crippen molar-refractivity contribution in [1.29, 1.82) is 0 Å². The zero-order valence-corrected chi connectivity index (χ0v) is 14.2. The largest absolute Gasteiger partial charge is 0.496 e. The Kier molecular flexibility index (Phi) is 5.09. The molecule has 0 radical (unpaired) electrons. The second-order valence-corrected chi connectivity index (χ2v) is 5.64. The number of rotatable bonds is 6. The van der Waals surface area contributed by atoms with E-state index in [-0.39, 0.29) is 18.9 Å². The van der Waals surface area contributed by atoms with Crippen LogP contribution in [0.25, 0.3) is 11.4 Å². The third-order valence-corrected chi connectivity index (χ3v) is 3.76. The summed E-state index contributed by atoms with van der Waals surface area (Å²) in [4.78, 5) is 16.4. The second-order valence-electron chi connectivity index (χ2n) is 5.64. The van der Waals surface area contributed by atoms with Crippen molar-refractivity contribution in [2.24, 2.45) is 0 Å². The highest BCUT2D eigenvalue weighted by molar-refractivity contribution is 5.79. The van der Waals surface area contributed by atoms with E-state index in [2.05, 4.69) is 15.5 Å². The van der Waals surface area contributed by atoms with E-state index in [1.54, 1.807) is 7.11 Å². The van der Waals surface area contributed by atoms with Gasteiger partial charge in [0.25, 0.3) is 0 Å². The molecule has 128 valence electrons. The number of hydrogen-bond acceptors (Lipinski definition) is 5. The number of amides is 1. The van der Waals surface area contributed by atoms with Crippen molar-refractivity contribution in [3.8, 4) is 17.1 Å². The van der Waals surface area contributed by atoms with E-state index in [0.29, 0.717) is 17.5 Å². The number of para-hydroxylation sites is 1. The van der Waals surface area contributed by atoms with Crippen molar-refractivity contribution in [1.82, 2.24) is 15.5 Å². The van der Waals surface area contributed by atoms with Crippen LogP contribution < -0.4 is 10.1 Å². The molecule has 1 aromatic heterocycles. The van der Waals surface area contributed by atoms with Crippen LogP contribution in [0.5, 0.6) is 5.75 Å². The van der Waals surface area contributed by atoms with Crippen LogP contribution in [0.4, 0.5) is 0 Å². The molecule has 0 saturated heterocycles. The lowest BCUT2D eigenvalue weighted by Gasteiger charge is -2.07. The van der Waals surface area contributed by atoms with Gasteiger partial charge in [0, 0.05) is 11.1 Å². The minimum atomic E-state index is -0.139. The zero-order chi connectivity index (χ0) is 17.6. The Hall–Kier alpha value is -3.15. The third-order valence-electron chi connectivity index (χ3n) is 3.76. The summed E-state index contributed by atoms with van der Waals surface area (Å²) >= 11 is 0.